The standard InChI is InChI=1S/C23H29N3OS2/c1-5-16(2)15-28-17(3)25-19-8-6-18(7-9-19)12-13-24-23-26-21-11-10-20(27-4)14-22(21)29-23/h6-11,14,16H,5,12-13,15H2,1-4H3,(H,24,26). The minimum absolute atomic E-state index is 0.734. The second-order valence-electron chi connectivity index (χ2n) is 7.15. The summed E-state index contributed by atoms with van der Waals surface area (Å²) in [6.45, 7) is 7.47. The summed E-state index contributed by atoms with van der Waals surface area (Å²) in [5.41, 5.74) is 3.32. The normalized spacial score (nSPS) is 12.9. The molecule has 1 unspecified atom stereocenters. The van der Waals surface area contributed by atoms with Gasteiger partial charge >= 0.3 is 0 Å². The largest absolute Gasteiger partial charge is 0.497 e. The Hall–Kier alpha value is -2.05. The Morgan fingerprint density at radius 1 is 1.24 bits per heavy atom. The SMILES string of the molecule is CCC(C)CSC(C)=Nc1ccc(CCNc2nc3ccc(OC)cc3s2)cc1. The Morgan fingerprint density at radius 2 is 2.03 bits per heavy atom. The van der Waals surface area contributed by atoms with E-state index < -0.39 is 0 Å². The zero-order valence-corrected chi connectivity index (χ0v) is 19.2. The lowest BCUT2D eigenvalue weighted by atomic mass is 10.1. The van der Waals surface area contributed by atoms with Crippen molar-refractivity contribution >= 4 is 49.2 Å². The van der Waals surface area contributed by atoms with Crippen LogP contribution in [0.5, 0.6) is 5.75 Å². The van der Waals surface area contributed by atoms with Gasteiger partial charge in [0.25, 0.3) is 0 Å². The summed E-state index contributed by atoms with van der Waals surface area (Å²) in [5.74, 6) is 2.73. The van der Waals surface area contributed by atoms with E-state index in [4.69, 9.17) is 9.73 Å². The van der Waals surface area contributed by atoms with Crippen molar-refractivity contribution in [3.05, 3.63) is 48.0 Å². The first-order valence-electron chi connectivity index (χ1n) is 10.0. The van der Waals surface area contributed by atoms with Crippen LogP contribution in [-0.4, -0.2) is 29.4 Å². The summed E-state index contributed by atoms with van der Waals surface area (Å²) in [6.07, 6.45) is 2.17. The molecule has 4 nitrogen and oxygen atoms in total. The molecule has 0 spiro atoms. The van der Waals surface area contributed by atoms with Gasteiger partial charge in [-0.05, 0) is 55.2 Å². The predicted molar refractivity (Wildman–Crippen MR) is 129 cm³/mol. The fourth-order valence-electron chi connectivity index (χ4n) is 2.75. The molecule has 1 heterocycles. The van der Waals surface area contributed by atoms with Crippen LogP contribution in [0.3, 0.4) is 0 Å². The third-order valence-electron chi connectivity index (χ3n) is 4.78. The predicted octanol–water partition coefficient (Wildman–Crippen LogP) is 6.79. The quantitative estimate of drug-likeness (QED) is 0.302. The summed E-state index contributed by atoms with van der Waals surface area (Å²) >= 11 is 3.51. The van der Waals surface area contributed by atoms with E-state index in [2.05, 4.69) is 55.3 Å². The summed E-state index contributed by atoms with van der Waals surface area (Å²) in [7, 11) is 1.69. The van der Waals surface area contributed by atoms with Gasteiger partial charge in [0.05, 0.1) is 28.1 Å². The van der Waals surface area contributed by atoms with Gasteiger partial charge in [-0.15, -0.1) is 11.8 Å². The highest BCUT2D eigenvalue weighted by molar-refractivity contribution is 8.13. The van der Waals surface area contributed by atoms with Crippen LogP contribution in [0.2, 0.25) is 0 Å². The summed E-state index contributed by atoms with van der Waals surface area (Å²) in [4.78, 5) is 9.35. The molecule has 0 aliphatic rings. The van der Waals surface area contributed by atoms with Crippen LogP contribution in [-0.2, 0) is 6.42 Å². The fourth-order valence-corrected chi connectivity index (χ4v) is 4.60. The number of nitrogens with one attached hydrogen (secondary N) is 1. The van der Waals surface area contributed by atoms with Gasteiger partial charge in [-0.1, -0.05) is 43.7 Å². The topological polar surface area (TPSA) is 46.5 Å². The smallest absolute Gasteiger partial charge is 0.183 e. The molecule has 0 amide bonds. The Balaban J connectivity index is 1.50. The average Bonchev–Trinajstić information content (AvgIpc) is 3.15. The van der Waals surface area contributed by atoms with Crippen LogP contribution in [0, 0.1) is 5.92 Å². The van der Waals surface area contributed by atoms with Crippen molar-refractivity contribution in [3.63, 3.8) is 0 Å². The van der Waals surface area contributed by atoms with Gasteiger partial charge in [-0.25, -0.2) is 9.98 Å². The molecule has 0 fully saturated rings. The number of thiazole rings is 1. The van der Waals surface area contributed by atoms with Crippen LogP contribution >= 0.6 is 23.1 Å². The monoisotopic (exact) mass is 427 g/mol. The number of fused-ring (bicyclic) bond motifs is 1. The first-order chi connectivity index (χ1) is 14.1. The molecule has 3 rings (SSSR count). The molecular formula is C23H29N3OS2. The Kier molecular flexibility index (Phi) is 7.95. The molecule has 1 atom stereocenters. The number of anilines is 1. The molecule has 1 aromatic heterocycles. The number of thioether (sulfide) groups is 1. The van der Waals surface area contributed by atoms with Crippen molar-refractivity contribution in [2.75, 3.05) is 24.7 Å². The number of rotatable bonds is 9. The van der Waals surface area contributed by atoms with E-state index in [0.29, 0.717) is 0 Å². The van der Waals surface area contributed by atoms with Crippen molar-refractivity contribution in [1.29, 1.82) is 0 Å². The number of hydrogen-bond acceptors (Lipinski definition) is 6. The lowest BCUT2D eigenvalue weighted by Crippen LogP contribution is -2.04. The van der Waals surface area contributed by atoms with Crippen LogP contribution in [0.25, 0.3) is 10.2 Å². The molecule has 154 valence electrons. The third kappa shape index (κ3) is 6.47. The van der Waals surface area contributed by atoms with Crippen LogP contribution in [0.4, 0.5) is 10.8 Å². The molecule has 0 saturated carbocycles. The van der Waals surface area contributed by atoms with Crippen molar-refractivity contribution in [1.82, 2.24) is 4.98 Å². The van der Waals surface area contributed by atoms with Gasteiger partial charge in [0.1, 0.15) is 5.75 Å². The molecule has 0 aliphatic carbocycles. The molecule has 0 aliphatic heterocycles. The first-order valence-corrected chi connectivity index (χ1v) is 11.8. The zero-order chi connectivity index (χ0) is 20.6. The van der Waals surface area contributed by atoms with Gasteiger partial charge < -0.3 is 10.1 Å². The Morgan fingerprint density at radius 3 is 2.76 bits per heavy atom. The minimum Gasteiger partial charge on any atom is -0.497 e. The molecule has 0 radical (unpaired) electrons. The molecule has 29 heavy (non-hydrogen) atoms. The minimum atomic E-state index is 0.734. The van der Waals surface area contributed by atoms with Gasteiger partial charge in [-0.2, -0.15) is 0 Å². The highest BCUT2D eigenvalue weighted by atomic mass is 32.2. The number of nitrogens with zero attached hydrogens (tertiary/aromatic N) is 2. The van der Waals surface area contributed by atoms with E-state index >= 15 is 0 Å². The fraction of sp³-hybridized carbons (Fsp3) is 0.391. The summed E-state index contributed by atoms with van der Waals surface area (Å²) < 4.78 is 6.42. The van der Waals surface area contributed by atoms with E-state index in [-0.39, 0.29) is 0 Å². The molecule has 0 saturated heterocycles. The number of hydrogen-bond donors (Lipinski definition) is 1. The Bertz CT molecular complexity index is 950. The van der Waals surface area contributed by atoms with E-state index in [0.717, 1.165) is 56.5 Å². The molecular weight excluding hydrogens is 398 g/mol. The van der Waals surface area contributed by atoms with Crippen LogP contribution in [0.15, 0.2) is 47.5 Å². The zero-order valence-electron chi connectivity index (χ0n) is 17.6. The molecule has 2 aromatic carbocycles. The van der Waals surface area contributed by atoms with Crippen LogP contribution < -0.4 is 10.1 Å². The summed E-state index contributed by atoms with van der Waals surface area (Å²) in [5, 5.41) is 5.51. The number of methoxy groups -OCH3 is 1. The van der Waals surface area contributed by atoms with E-state index in [9.17, 15) is 0 Å². The maximum atomic E-state index is 5.28. The summed E-state index contributed by atoms with van der Waals surface area (Å²) in [6, 6.07) is 14.5. The van der Waals surface area contributed by atoms with Gasteiger partial charge in [0.15, 0.2) is 5.13 Å². The van der Waals surface area contributed by atoms with Crippen molar-refractivity contribution in [2.45, 2.75) is 33.6 Å². The number of aliphatic imine (C=N–C) groups is 1. The van der Waals surface area contributed by atoms with Gasteiger partial charge in [0, 0.05) is 12.3 Å². The first kappa shape index (κ1) is 21.7. The van der Waals surface area contributed by atoms with Gasteiger partial charge in [-0.3, -0.25) is 0 Å². The lowest BCUT2D eigenvalue weighted by Gasteiger charge is -2.07. The maximum Gasteiger partial charge on any atom is 0.183 e. The highest BCUT2D eigenvalue weighted by Crippen LogP contribution is 2.29. The molecule has 3 aromatic rings. The third-order valence-corrected chi connectivity index (χ3v) is 7.00. The van der Waals surface area contributed by atoms with Crippen LogP contribution in [0.1, 0.15) is 32.8 Å². The number of ether oxygens (including phenoxy) is 1. The maximum absolute atomic E-state index is 5.28. The van der Waals surface area contributed by atoms with Gasteiger partial charge in [0.2, 0.25) is 0 Å². The second-order valence-corrected chi connectivity index (χ2v) is 9.39. The Labute approximate surface area is 181 Å². The van der Waals surface area contributed by atoms with Crippen molar-refractivity contribution < 1.29 is 4.74 Å². The second kappa shape index (κ2) is 10.6. The van der Waals surface area contributed by atoms with Crippen molar-refractivity contribution in [2.24, 2.45) is 10.9 Å². The van der Waals surface area contributed by atoms with Crippen molar-refractivity contribution in [3.8, 4) is 5.75 Å². The number of benzene rings is 2. The molecule has 6 heteroatoms. The average molecular weight is 428 g/mol. The molecule has 1 N–H and O–H groups in total. The number of aromatic nitrogens is 1. The lowest BCUT2D eigenvalue weighted by molar-refractivity contribution is 0.415. The highest BCUT2D eigenvalue weighted by Gasteiger charge is 2.05. The van der Waals surface area contributed by atoms with E-state index in [1.165, 1.54) is 12.0 Å². The van der Waals surface area contributed by atoms with E-state index in [1.54, 1.807) is 18.4 Å². The van der Waals surface area contributed by atoms with E-state index in [1.807, 2.05) is 30.0 Å². The molecule has 0 bridgehead atoms.